The lowest BCUT2D eigenvalue weighted by molar-refractivity contribution is 0.102. The largest absolute Gasteiger partial charge is 0.320 e. The van der Waals surface area contributed by atoms with E-state index in [4.69, 9.17) is 11.6 Å². The summed E-state index contributed by atoms with van der Waals surface area (Å²) < 4.78 is 2.38. The highest BCUT2D eigenvalue weighted by Crippen LogP contribution is 2.27. The van der Waals surface area contributed by atoms with E-state index in [1.807, 2.05) is 6.92 Å². The van der Waals surface area contributed by atoms with Gasteiger partial charge in [0.25, 0.3) is 5.91 Å². The van der Waals surface area contributed by atoms with Crippen LogP contribution in [0.2, 0.25) is 5.02 Å². The molecule has 0 fully saturated rings. The topological polar surface area (TPSA) is 64.0 Å². The van der Waals surface area contributed by atoms with Gasteiger partial charge >= 0.3 is 0 Å². The Balaban J connectivity index is 1.94. The van der Waals surface area contributed by atoms with E-state index in [0.29, 0.717) is 28.4 Å². The van der Waals surface area contributed by atoms with Gasteiger partial charge in [-0.2, -0.15) is 5.10 Å². The number of hydrogen-bond donors (Lipinski definition) is 1. The molecular formula is C19H15BrClN3O2. The van der Waals surface area contributed by atoms with Crippen LogP contribution in [-0.2, 0) is 6.54 Å². The summed E-state index contributed by atoms with van der Waals surface area (Å²) in [6, 6.07) is 13.5. The molecule has 0 unspecified atom stereocenters. The van der Waals surface area contributed by atoms with Crippen molar-refractivity contribution in [3.8, 4) is 0 Å². The number of amides is 1. The lowest BCUT2D eigenvalue weighted by Gasteiger charge is -2.11. The molecule has 0 saturated carbocycles. The summed E-state index contributed by atoms with van der Waals surface area (Å²) >= 11 is 9.51. The van der Waals surface area contributed by atoms with Crippen LogP contribution < -0.4 is 5.32 Å². The lowest BCUT2D eigenvalue weighted by atomic mass is 10.0. The Morgan fingerprint density at radius 2 is 1.92 bits per heavy atom. The monoisotopic (exact) mass is 431 g/mol. The van der Waals surface area contributed by atoms with Crippen molar-refractivity contribution in [2.75, 3.05) is 5.32 Å². The number of aryl methyl sites for hydroxylation is 1. The molecule has 0 bridgehead atoms. The van der Waals surface area contributed by atoms with Gasteiger partial charge in [0.05, 0.1) is 10.7 Å². The molecule has 132 valence electrons. The van der Waals surface area contributed by atoms with Gasteiger partial charge in [-0.15, -0.1) is 0 Å². The summed E-state index contributed by atoms with van der Waals surface area (Å²) in [7, 11) is 0. The number of carbonyl (C=O) groups excluding carboxylic acids is 2. The van der Waals surface area contributed by atoms with Crippen molar-refractivity contribution in [1.82, 2.24) is 9.78 Å². The number of carbonyl (C=O) groups is 2. The first-order valence-electron chi connectivity index (χ1n) is 7.93. The van der Waals surface area contributed by atoms with Gasteiger partial charge in [-0.1, -0.05) is 39.7 Å². The van der Waals surface area contributed by atoms with Gasteiger partial charge in [0.15, 0.2) is 11.5 Å². The molecule has 0 saturated heterocycles. The number of rotatable bonds is 5. The van der Waals surface area contributed by atoms with Crippen LogP contribution in [0.15, 0.2) is 59.2 Å². The molecule has 0 atom stereocenters. The Morgan fingerprint density at radius 1 is 1.15 bits per heavy atom. The highest BCUT2D eigenvalue weighted by Gasteiger charge is 2.19. The van der Waals surface area contributed by atoms with Crippen LogP contribution in [0.25, 0.3) is 0 Å². The maximum atomic E-state index is 12.9. The van der Waals surface area contributed by atoms with Crippen LogP contribution in [0.4, 0.5) is 5.69 Å². The van der Waals surface area contributed by atoms with E-state index in [9.17, 15) is 9.59 Å². The zero-order chi connectivity index (χ0) is 18.7. The maximum Gasteiger partial charge on any atom is 0.276 e. The van der Waals surface area contributed by atoms with Gasteiger partial charge in [0.1, 0.15) is 0 Å². The Bertz CT molecular complexity index is 984. The summed E-state index contributed by atoms with van der Waals surface area (Å²) in [5.74, 6) is -0.654. The minimum Gasteiger partial charge on any atom is -0.320 e. The number of anilines is 1. The molecule has 26 heavy (non-hydrogen) atoms. The predicted molar refractivity (Wildman–Crippen MR) is 105 cm³/mol. The summed E-state index contributed by atoms with van der Waals surface area (Å²) in [5.41, 5.74) is 1.40. The van der Waals surface area contributed by atoms with E-state index >= 15 is 0 Å². The fraction of sp³-hybridized carbons (Fsp3) is 0.105. The average Bonchev–Trinajstić information content (AvgIpc) is 3.12. The van der Waals surface area contributed by atoms with Gasteiger partial charge in [-0.25, -0.2) is 0 Å². The van der Waals surface area contributed by atoms with Crippen molar-refractivity contribution in [3.63, 3.8) is 0 Å². The SMILES string of the molecule is CCn1ccc(C(=O)Nc2ccc(Br)cc2C(=O)c2ccccc2Cl)n1. The van der Waals surface area contributed by atoms with Crippen LogP contribution in [0, 0.1) is 0 Å². The van der Waals surface area contributed by atoms with Crippen LogP contribution in [0.5, 0.6) is 0 Å². The Labute approximate surface area is 164 Å². The van der Waals surface area contributed by atoms with Crippen LogP contribution >= 0.6 is 27.5 Å². The number of ketones is 1. The zero-order valence-electron chi connectivity index (χ0n) is 13.9. The zero-order valence-corrected chi connectivity index (χ0v) is 16.2. The Hall–Kier alpha value is -2.44. The molecule has 3 rings (SSSR count). The third-order valence-corrected chi connectivity index (χ3v) is 4.61. The second kappa shape index (κ2) is 7.85. The van der Waals surface area contributed by atoms with Gasteiger partial charge < -0.3 is 5.32 Å². The van der Waals surface area contributed by atoms with Crippen molar-refractivity contribution in [2.45, 2.75) is 13.5 Å². The van der Waals surface area contributed by atoms with E-state index in [0.717, 1.165) is 4.47 Å². The fourth-order valence-electron chi connectivity index (χ4n) is 2.45. The summed E-state index contributed by atoms with van der Waals surface area (Å²) in [4.78, 5) is 25.4. The van der Waals surface area contributed by atoms with Crippen molar-refractivity contribution in [3.05, 3.63) is 81.0 Å². The number of nitrogens with zero attached hydrogens (tertiary/aromatic N) is 2. The third-order valence-electron chi connectivity index (χ3n) is 3.79. The second-order valence-corrected chi connectivity index (χ2v) is 6.83. The average molecular weight is 433 g/mol. The number of benzene rings is 2. The van der Waals surface area contributed by atoms with Crippen molar-refractivity contribution in [2.24, 2.45) is 0 Å². The smallest absolute Gasteiger partial charge is 0.276 e. The van der Waals surface area contributed by atoms with Gasteiger partial charge in [0, 0.05) is 28.3 Å². The standard InChI is InChI=1S/C19H15BrClN3O2/c1-2-24-10-9-17(23-24)19(26)22-16-8-7-12(20)11-14(16)18(25)13-5-3-4-6-15(13)21/h3-11H,2H2,1H3,(H,22,26). The lowest BCUT2D eigenvalue weighted by Crippen LogP contribution is -2.16. The van der Waals surface area contributed by atoms with Gasteiger partial charge in [0.2, 0.25) is 0 Å². The molecule has 1 heterocycles. The Morgan fingerprint density at radius 3 is 2.62 bits per heavy atom. The number of nitrogens with one attached hydrogen (secondary N) is 1. The third kappa shape index (κ3) is 3.86. The minimum atomic E-state index is -0.382. The van der Waals surface area contributed by atoms with E-state index in [2.05, 4.69) is 26.3 Å². The first kappa shape index (κ1) is 18.4. The second-order valence-electron chi connectivity index (χ2n) is 5.51. The Kier molecular flexibility index (Phi) is 5.54. The molecule has 0 aliphatic heterocycles. The number of halogens is 2. The van der Waals surface area contributed by atoms with Crippen LogP contribution in [0.1, 0.15) is 33.3 Å². The van der Waals surface area contributed by atoms with E-state index in [1.165, 1.54) is 0 Å². The normalized spacial score (nSPS) is 10.6. The molecule has 0 aliphatic rings. The molecule has 5 nitrogen and oxygen atoms in total. The molecule has 2 aromatic carbocycles. The molecule has 0 radical (unpaired) electrons. The van der Waals surface area contributed by atoms with Crippen LogP contribution in [-0.4, -0.2) is 21.5 Å². The summed E-state index contributed by atoms with van der Waals surface area (Å²) in [6.07, 6.45) is 1.73. The summed E-state index contributed by atoms with van der Waals surface area (Å²) in [6.45, 7) is 2.60. The van der Waals surface area contributed by atoms with E-state index in [1.54, 1.807) is 59.4 Å². The molecule has 0 aliphatic carbocycles. The van der Waals surface area contributed by atoms with E-state index < -0.39 is 0 Å². The highest BCUT2D eigenvalue weighted by molar-refractivity contribution is 9.10. The minimum absolute atomic E-state index is 0.272. The molecule has 1 N–H and O–H groups in total. The van der Waals surface area contributed by atoms with Crippen molar-refractivity contribution >= 4 is 44.9 Å². The molecule has 0 spiro atoms. The number of hydrogen-bond acceptors (Lipinski definition) is 3. The molecular weight excluding hydrogens is 418 g/mol. The van der Waals surface area contributed by atoms with Crippen molar-refractivity contribution in [1.29, 1.82) is 0 Å². The van der Waals surface area contributed by atoms with Gasteiger partial charge in [-0.3, -0.25) is 14.3 Å². The maximum absolute atomic E-state index is 12.9. The molecule has 1 aromatic heterocycles. The first-order chi connectivity index (χ1) is 12.5. The highest BCUT2D eigenvalue weighted by atomic mass is 79.9. The number of aromatic nitrogens is 2. The predicted octanol–water partition coefficient (Wildman–Crippen LogP) is 4.80. The summed E-state index contributed by atoms with van der Waals surface area (Å²) in [5, 5.41) is 7.30. The van der Waals surface area contributed by atoms with Crippen LogP contribution in [0.3, 0.4) is 0 Å². The quantitative estimate of drug-likeness (QED) is 0.589. The van der Waals surface area contributed by atoms with E-state index in [-0.39, 0.29) is 17.4 Å². The fourth-order valence-corrected chi connectivity index (χ4v) is 3.03. The van der Waals surface area contributed by atoms with Crippen molar-refractivity contribution < 1.29 is 9.59 Å². The van der Waals surface area contributed by atoms with Gasteiger partial charge in [-0.05, 0) is 43.3 Å². The molecule has 1 amide bonds. The first-order valence-corrected chi connectivity index (χ1v) is 9.10. The molecule has 7 heteroatoms. The molecule has 3 aromatic rings.